The molecule has 0 aliphatic carbocycles. The third-order valence-corrected chi connectivity index (χ3v) is 8.36. The largest absolute Gasteiger partial charge is 0.477 e. The molecule has 0 saturated heterocycles. The number of hydrogen-bond donors (Lipinski definition) is 2. The average molecular weight is 504 g/mol. The molecule has 0 aliphatic rings. The molecule has 32 heavy (non-hydrogen) atoms. The summed E-state index contributed by atoms with van der Waals surface area (Å²) in [7, 11) is -2.50. The van der Waals surface area contributed by atoms with E-state index in [4.69, 9.17) is 16.1 Å². The number of anilines is 1. The third-order valence-electron chi connectivity index (χ3n) is 4.68. The van der Waals surface area contributed by atoms with E-state index in [2.05, 4.69) is 5.09 Å². The normalized spacial score (nSPS) is 13.6. The van der Waals surface area contributed by atoms with Crippen LogP contribution in [0.15, 0.2) is 42.5 Å². The number of rotatable bonds is 6. The van der Waals surface area contributed by atoms with Gasteiger partial charge in [-0.15, -0.1) is 11.3 Å². The van der Waals surface area contributed by atoms with Gasteiger partial charge in [-0.1, -0.05) is 35.4 Å². The number of carboxylic acids is 1. The van der Waals surface area contributed by atoms with Crippen LogP contribution in [0.5, 0.6) is 0 Å². The molecule has 1 atom stereocenters. The Labute approximate surface area is 191 Å². The lowest BCUT2D eigenvalue weighted by atomic mass is 10.1. The lowest BCUT2D eigenvalue weighted by Crippen LogP contribution is -2.17. The molecule has 11 heteroatoms. The van der Waals surface area contributed by atoms with E-state index in [0.29, 0.717) is 10.9 Å². The average Bonchev–Trinajstić information content (AvgIpc) is 3.11. The Hall–Kier alpha value is -2.32. The second-order valence-electron chi connectivity index (χ2n) is 6.99. The van der Waals surface area contributed by atoms with Gasteiger partial charge in [0.1, 0.15) is 4.88 Å². The minimum absolute atomic E-state index is 0.0221. The molecule has 3 rings (SSSR count). The van der Waals surface area contributed by atoms with Crippen LogP contribution in [-0.2, 0) is 15.3 Å². The zero-order chi connectivity index (χ0) is 23.8. The number of benzene rings is 2. The molecule has 3 aromatic rings. The molecule has 0 amide bonds. The van der Waals surface area contributed by atoms with Crippen molar-refractivity contribution < 1.29 is 32.2 Å². The summed E-state index contributed by atoms with van der Waals surface area (Å²) >= 11 is 6.43. The predicted octanol–water partition coefficient (Wildman–Crippen LogP) is 6.98. The number of alkyl halides is 3. The van der Waals surface area contributed by atoms with Crippen LogP contribution >= 0.6 is 30.5 Å². The van der Waals surface area contributed by atoms with Crippen molar-refractivity contribution in [3.05, 3.63) is 69.1 Å². The van der Waals surface area contributed by atoms with Crippen LogP contribution in [0.1, 0.15) is 26.4 Å². The number of aromatic carboxylic acids is 1. The Morgan fingerprint density at radius 1 is 1.16 bits per heavy atom. The van der Waals surface area contributed by atoms with Gasteiger partial charge in [0, 0.05) is 12.0 Å². The number of carbonyl (C=O) groups is 1. The van der Waals surface area contributed by atoms with Crippen molar-refractivity contribution in [1.82, 2.24) is 0 Å². The molecule has 1 aromatic heterocycles. The highest BCUT2D eigenvalue weighted by Crippen LogP contribution is 2.49. The fourth-order valence-electron chi connectivity index (χ4n) is 3.17. The second kappa shape index (κ2) is 8.90. The fourth-order valence-corrected chi connectivity index (χ4v) is 6.12. The molecule has 0 fully saturated rings. The van der Waals surface area contributed by atoms with E-state index in [1.54, 1.807) is 19.1 Å². The summed E-state index contributed by atoms with van der Waals surface area (Å²) in [5.74, 6) is -1.32. The first-order valence-electron chi connectivity index (χ1n) is 9.12. The standard InChI is InChI=1S/C21H18ClF3NO4PS/c1-11-4-7-17(12(2)8-11)31(29,30-3)26-16-10-18(32-19(16)20(27)28)13-5-6-15(22)14(9-13)21(23,24)25/h4-10H,1-3H3,(H,26,29)(H,27,28). The molecular formula is C21H18ClF3NO4PS. The van der Waals surface area contributed by atoms with Gasteiger partial charge < -0.3 is 14.7 Å². The smallest absolute Gasteiger partial charge is 0.417 e. The fraction of sp³-hybridized carbons (Fsp3) is 0.190. The van der Waals surface area contributed by atoms with Gasteiger partial charge >= 0.3 is 19.7 Å². The van der Waals surface area contributed by atoms with E-state index >= 15 is 0 Å². The zero-order valence-corrected chi connectivity index (χ0v) is 19.5. The summed E-state index contributed by atoms with van der Waals surface area (Å²) in [5, 5.41) is 12.2. The molecule has 2 N–H and O–H groups in total. The maximum Gasteiger partial charge on any atom is 0.417 e. The van der Waals surface area contributed by atoms with Gasteiger partial charge in [0.15, 0.2) is 0 Å². The highest BCUT2D eigenvalue weighted by atomic mass is 35.5. The lowest BCUT2D eigenvalue weighted by molar-refractivity contribution is -0.137. The quantitative estimate of drug-likeness (QED) is 0.355. The SMILES string of the molecule is COP(=O)(Nc1cc(-c2ccc(Cl)c(C(F)(F)F)c2)sc1C(=O)O)c1ccc(C)cc1C. The monoisotopic (exact) mass is 503 g/mol. The Balaban J connectivity index is 2.09. The van der Waals surface area contributed by atoms with Gasteiger partial charge in [0.25, 0.3) is 0 Å². The van der Waals surface area contributed by atoms with Crippen LogP contribution in [0.25, 0.3) is 10.4 Å². The minimum atomic E-state index is -4.67. The maximum absolute atomic E-state index is 13.5. The maximum atomic E-state index is 13.5. The molecule has 5 nitrogen and oxygen atoms in total. The second-order valence-corrected chi connectivity index (χ2v) is 10.6. The van der Waals surface area contributed by atoms with Crippen LogP contribution < -0.4 is 10.4 Å². The highest BCUT2D eigenvalue weighted by molar-refractivity contribution is 7.68. The van der Waals surface area contributed by atoms with Crippen molar-refractivity contribution in [3.8, 4) is 10.4 Å². The summed E-state index contributed by atoms with van der Waals surface area (Å²) in [6.45, 7) is 3.62. The zero-order valence-electron chi connectivity index (χ0n) is 17.1. The summed E-state index contributed by atoms with van der Waals surface area (Å²) in [6, 6.07) is 9.84. The van der Waals surface area contributed by atoms with Gasteiger partial charge in [-0.25, -0.2) is 4.79 Å². The lowest BCUT2D eigenvalue weighted by Gasteiger charge is -2.20. The molecule has 1 unspecified atom stereocenters. The van der Waals surface area contributed by atoms with Gasteiger partial charge in [-0.05, 0) is 49.2 Å². The van der Waals surface area contributed by atoms with Crippen molar-refractivity contribution in [1.29, 1.82) is 0 Å². The minimum Gasteiger partial charge on any atom is -0.477 e. The molecule has 2 aromatic carbocycles. The van der Waals surface area contributed by atoms with Crippen LogP contribution in [0, 0.1) is 13.8 Å². The molecule has 1 heterocycles. The van der Waals surface area contributed by atoms with Gasteiger partial charge in [-0.3, -0.25) is 4.57 Å². The summed E-state index contributed by atoms with van der Waals surface area (Å²) in [4.78, 5) is 11.8. The van der Waals surface area contributed by atoms with Crippen LogP contribution in [0.3, 0.4) is 0 Å². The van der Waals surface area contributed by atoms with Crippen molar-refractivity contribution in [2.45, 2.75) is 20.0 Å². The summed E-state index contributed by atoms with van der Waals surface area (Å²) < 4.78 is 58.5. The first-order valence-corrected chi connectivity index (χ1v) is 11.9. The number of carboxylic acid groups (broad SMARTS) is 1. The third kappa shape index (κ3) is 4.86. The molecular weight excluding hydrogens is 486 g/mol. The van der Waals surface area contributed by atoms with Crippen molar-refractivity contribution >= 4 is 47.4 Å². The van der Waals surface area contributed by atoms with Crippen molar-refractivity contribution in [2.75, 3.05) is 12.2 Å². The van der Waals surface area contributed by atoms with Gasteiger partial charge in [0.2, 0.25) is 0 Å². The number of halogens is 4. The first-order chi connectivity index (χ1) is 14.9. The molecule has 0 spiro atoms. The molecule has 0 saturated carbocycles. The van der Waals surface area contributed by atoms with E-state index < -0.39 is 30.3 Å². The molecule has 0 radical (unpaired) electrons. The number of nitrogens with one attached hydrogen (secondary N) is 1. The Bertz CT molecular complexity index is 1240. The van der Waals surface area contributed by atoms with Crippen LogP contribution in [-0.4, -0.2) is 18.2 Å². The van der Waals surface area contributed by atoms with Crippen LogP contribution in [0.4, 0.5) is 18.9 Å². The molecule has 0 bridgehead atoms. The van der Waals surface area contributed by atoms with E-state index in [0.717, 1.165) is 29.0 Å². The van der Waals surface area contributed by atoms with Gasteiger partial charge in [0.05, 0.1) is 21.6 Å². The van der Waals surface area contributed by atoms with Gasteiger partial charge in [-0.2, -0.15) is 13.2 Å². The number of aryl methyl sites for hydroxylation is 2. The van der Waals surface area contributed by atoms with E-state index in [9.17, 15) is 27.6 Å². The summed E-state index contributed by atoms with van der Waals surface area (Å²) in [5.41, 5.74) is 0.699. The Morgan fingerprint density at radius 3 is 2.41 bits per heavy atom. The molecule has 170 valence electrons. The molecule has 0 aliphatic heterocycles. The Morgan fingerprint density at radius 2 is 1.84 bits per heavy atom. The topological polar surface area (TPSA) is 75.6 Å². The Kier molecular flexibility index (Phi) is 6.77. The number of hydrogen-bond acceptors (Lipinski definition) is 4. The predicted molar refractivity (Wildman–Crippen MR) is 121 cm³/mol. The first kappa shape index (κ1) is 24.3. The van der Waals surface area contributed by atoms with Crippen molar-refractivity contribution in [2.24, 2.45) is 0 Å². The van der Waals surface area contributed by atoms with Crippen LogP contribution in [0.2, 0.25) is 5.02 Å². The van der Waals surface area contributed by atoms with E-state index in [1.807, 2.05) is 13.0 Å². The van der Waals surface area contributed by atoms with E-state index in [1.165, 1.54) is 19.2 Å². The van der Waals surface area contributed by atoms with Crippen molar-refractivity contribution in [3.63, 3.8) is 0 Å². The van der Waals surface area contributed by atoms with E-state index in [-0.39, 0.29) is 21.0 Å². The number of thiophene rings is 1. The highest BCUT2D eigenvalue weighted by Gasteiger charge is 2.34. The summed E-state index contributed by atoms with van der Waals surface area (Å²) in [6.07, 6.45) is -4.67.